The van der Waals surface area contributed by atoms with Gasteiger partial charge in [-0.15, -0.1) is 0 Å². The highest BCUT2D eigenvalue weighted by atomic mass is 19.1. The number of para-hydroxylation sites is 1. The number of halogens is 1. The van der Waals surface area contributed by atoms with Crippen molar-refractivity contribution in [1.29, 1.82) is 0 Å². The number of ether oxygens (including phenoxy) is 2. The summed E-state index contributed by atoms with van der Waals surface area (Å²) < 4.78 is 24.1. The van der Waals surface area contributed by atoms with Crippen molar-refractivity contribution in [3.63, 3.8) is 0 Å². The lowest BCUT2D eigenvalue weighted by Crippen LogP contribution is -2.13. The molecule has 0 saturated carbocycles. The van der Waals surface area contributed by atoms with Gasteiger partial charge < -0.3 is 14.8 Å². The van der Waals surface area contributed by atoms with Crippen molar-refractivity contribution in [2.45, 2.75) is 6.92 Å². The van der Waals surface area contributed by atoms with Crippen molar-refractivity contribution in [3.8, 4) is 5.75 Å². The summed E-state index contributed by atoms with van der Waals surface area (Å²) in [7, 11) is 0. The van der Waals surface area contributed by atoms with Crippen LogP contribution in [0.1, 0.15) is 17.3 Å². The molecule has 0 heterocycles. The number of anilines is 1. The Morgan fingerprint density at radius 1 is 1.09 bits per heavy atom. The van der Waals surface area contributed by atoms with Crippen molar-refractivity contribution in [2.75, 3.05) is 25.1 Å². The number of hydrogen-bond donors (Lipinski definition) is 1. The minimum absolute atomic E-state index is 0.157. The maximum Gasteiger partial charge on any atom is 0.255 e. The Bertz CT molecular complexity index is 614. The molecule has 0 unspecified atom stereocenters. The minimum Gasteiger partial charge on any atom is -0.491 e. The molecule has 0 atom stereocenters. The van der Waals surface area contributed by atoms with Gasteiger partial charge in [0.2, 0.25) is 0 Å². The van der Waals surface area contributed by atoms with Gasteiger partial charge in [0.15, 0.2) is 0 Å². The van der Waals surface area contributed by atoms with Crippen LogP contribution in [0.3, 0.4) is 0 Å². The third-order valence-electron chi connectivity index (χ3n) is 2.94. The largest absolute Gasteiger partial charge is 0.491 e. The number of carbonyl (C=O) groups is 1. The average Bonchev–Trinajstić information content (AvgIpc) is 2.54. The standard InChI is InChI=1S/C17H18FNO3/c1-2-21-11-12-22-14-9-7-13(8-10-14)17(20)19-16-6-4-3-5-15(16)18/h3-10H,2,11-12H2,1H3,(H,19,20). The Balaban J connectivity index is 1.92. The lowest BCUT2D eigenvalue weighted by molar-refractivity contribution is 0.102. The molecule has 0 aromatic heterocycles. The number of nitrogens with one attached hydrogen (secondary N) is 1. The van der Waals surface area contributed by atoms with Gasteiger partial charge in [-0.3, -0.25) is 4.79 Å². The second-order valence-corrected chi connectivity index (χ2v) is 4.50. The molecule has 4 nitrogen and oxygen atoms in total. The summed E-state index contributed by atoms with van der Waals surface area (Å²) in [6.07, 6.45) is 0. The predicted octanol–water partition coefficient (Wildman–Crippen LogP) is 3.49. The van der Waals surface area contributed by atoms with Gasteiger partial charge in [-0.25, -0.2) is 4.39 Å². The van der Waals surface area contributed by atoms with Gasteiger partial charge in [-0.05, 0) is 43.3 Å². The van der Waals surface area contributed by atoms with Crippen LogP contribution in [0.4, 0.5) is 10.1 Å². The maximum atomic E-state index is 13.5. The first-order valence-electron chi connectivity index (χ1n) is 7.07. The van der Waals surface area contributed by atoms with Gasteiger partial charge in [-0.2, -0.15) is 0 Å². The lowest BCUT2D eigenvalue weighted by Gasteiger charge is -2.08. The fourth-order valence-electron chi connectivity index (χ4n) is 1.82. The van der Waals surface area contributed by atoms with Crippen LogP contribution in [0.25, 0.3) is 0 Å². The van der Waals surface area contributed by atoms with Crippen LogP contribution in [0.5, 0.6) is 5.75 Å². The van der Waals surface area contributed by atoms with E-state index in [1.165, 1.54) is 12.1 Å². The molecule has 2 aromatic carbocycles. The topological polar surface area (TPSA) is 47.6 Å². The highest BCUT2D eigenvalue weighted by molar-refractivity contribution is 6.04. The molecular formula is C17H18FNO3. The fourth-order valence-corrected chi connectivity index (χ4v) is 1.82. The van der Waals surface area contributed by atoms with Crippen molar-refractivity contribution in [2.24, 2.45) is 0 Å². The van der Waals surface area contributed by atoms with Crippen molar-refractivity contribution >= 4 is 11.6 Å². The van der Waals surface area contributed by atoms with E-state index in [0.717, 1.165) is 0 Å². The van der Waals surface area contributed by atoms with Gasteiger partial charge in [0.05, 0.1) is 12.3 Å². The summed E-state index contributed by atoms with van der Waals surface area (Å²) in [6, 6.07) is 12.7. The van der Waals surface area contributed by atoms with Crippen LogP contribution in [0.2, 0.25) is 0 Å². The van der Waals surface area contributed by atoms with Gasteiger partial charge in [0.25, 0.3) is 5.91 Å². The Morgan fingerprint density at radius 2 is 1.82 bits per heavy atom. The number of carbonyl (C=O) groups excluding carboxylic acids is 1. The van der Waals surface area contributed by atoms with Gasteiger partial charge in [0.1, 0.15) is 18.2 Å². The lowest BCUT2D eigenvalue weighted by atomic mass is 10.2. The molecular weight excluding hydrogens is 285 g/mol. The minimum atomic E-state index is -0.466. The van der Waals surface area contributed by atoms with E-state index < -0.39 is 5.82 Å². The third kappa shape index (κ3) is 4.56. The molecule has 1 N–H and O–H groups in total. The van der Waals surface area contributed by atoms with E-state index >= 15 is 0 Å². The molecule has 0 saturated heterocycles. The molecule has 0 aliphatic rings. The van der Waals surface area contributed by atoms with Crippen LogP contribution >= 0.6 is 0 Å². The molecule has 116 valence electrons. The fraction of sp³-hybridized carbons (Fsp3) is 0.235. The molecule has 2 aromatic rings. The number of amides is 1. The summed E-state index contributed by atoms with van der Waals surface area (Å²) in [5, 5.41) is 2.53. The Kier molecular flexibility index (Phi) is 5.91. The number of rotatable bonds is 7. The monoisotopic (exact) mass is 303 g/mol. The van der Waals surface area contributed by atoms with E-state index in [0.29, 0.717) is 31.1 Å². The van der Waals surface area contributed by atoms with E-state index in [1.54, 1.807) is 36.4 Å². The molecule has 0 fully saturated rings. The van der Waals surface area contributed by atoms with Crippen LogP contribution in [-0.4, -0.2) is 25.7 Å². The Hall–Kier alpha value is -2.40. The van der Waals surface area contributed by atoms with Gasteiger partial charge in [-0.1, -0.05) is 12.1 Å². The predicted molar refractivity (Wildman–Crippen MR) is 82.8 cm³/mol. The van der Waals surface area contributed by atoms with Gasteiger partial charge in [0, 0.05) is 12.2 Å². The summed E-state index contributed by atoms with van der Waals surface area (Å²) in [5.41, 5.74) is 0.588. The van der Waals surface area contributed by atoms with Crippen molar-refractivity contribution in [3.05, 3.63) is 59.9 Å². The van der Waals surface area contributed by atoms with Crippen LogP contribution < -0.4 is 10.1 Å². The molecule has 5 heteroatoms. The molecule has 0 radical (unpaired) electrons. The van der Waals surface area contributed by atoms with E-state index in [1.807, 2.05) is 6.92 Å². The molecule has 0 aliphatic carbocycles. The molecule has 0 spiro atoms. The molecule has 2 rings (SSSR count). The highest BCUT2D eigenvalue weighted by Gasteiger charge is 2.08. The Morgan fingerprint density at radius 3 is 2.50 bits per heavy atom. The number of benzene rings is 2. The van der Waals surface area contributed by atoms with E-state index in [4.69, 9.17) is 9.47 Å². The third-order valence-corrected chi connectivity index (χ3v) is 2.94. The average molecular weight is 303 g/mol. The van der Waals surface area contributed by atoms with Crippen molar-refractivity contribution in [1.82, 2.24) is 0 Å². The summed E-state index contributed by atoms with van der Waals surface area (Å²) in [6.45, 7) is 3.54. The van der Waals surface area contributed by atoms with Crippen molar-refractivity contribution < 1.29 is 18.7 Å². The number of hydrogen-bond acceptors (Lipinski definition) is 3. The van der Waals surface area contributed by atoms with E-state index in [2.05, 4.69) is 5.32 Å². The maximum absolute atomic E-state index is 13.5. The zero-order valence-corrected chi connectivity index (χ0v) is 12.3. The smallest absolute Gasteiger partial charge is 0.255 e. The first kappa shape index (κ1) is 16.0. The van der Waals surface area contributed by atoms with Gasteiger partial charge >= 0.3 is 0 Å². The zero-order chi connectivity index (χ0) is 15.8. The van der Waals surface area contributed by atoms with Crippen LogP contribution in [-0.2, 0) is 4.74 Å². The van der Waals surface area contributed by atoms with E-state index in [-0.39, 0.29) is 11.6 Å². The Labute approximate surface area is 128 Å². The zero-order valence-electron chi connectivity index (χ0n) is 12.3. The summed E-state index contributed by atoms with van der Waals surface area (Å²) in [5.74, 6) is -0.181. The quantitative estimate of drug-likeness (QED) is 0.796. The summed E-state index contributed by atoms with van der Waals surface area (Å²) >= 11 is 0. The van der Waals surface area contributed by atoms with E-state index in [9.17, 15) is 9.18 Å². The molecule has 1 amide bonds. The molecule has 0 aliphatic heterocycles. The summed E-state index contributed by atoms with van der Waals surface area (Å²) in [4.78, 5) is 12.0. The normalized spacial score (nSPS) is 10.3. The van der Waals surface area contributed by atoms with Crippen LogP contribution in [0, 0.1) is 5.82 Å². The second-order valence-electron chi connectivity index (χ2n) is 4.50. The first-order valence-corrected chi connectivity index (χ1v) is 7.07. The highest BCUT2D eigenvalue weighted by Crippen LogP contribution is 2.16. The van der Waals surface area contributed by atoms with Crippen LogP contribution in [0.15, 0.2) is 48.5 Å². The molecule has 0 bridgehead atoms. The second kappa shape index (κ2) is 8.14. The molecule has 22 heavy (non-hydrogen) atoms. The SMILES string of the molecule is CCOCCOc1ccc(C(=O)Nc2ccccc2F)cc1. The first-order chi connectivity index (χ1) is 10.7.